The van der Waals surface area contributed by atoms with Crippen molar-refractivity contribution in [3.63, 3.8) is 0 Å². The van der Waals surface area contributed by atoms with E-state index in [1.54, 1.807) is 0 Å². The van der Waals surface area contributed by atoms with E-state index in [1.165, 1.54) is 11.1 Å². The van der Waals surface area contributed by atoms with Crippen LogP contribution in [0.1, 0.15) is 56.6 Å². The average Bonchev–Trinajstić information content (AvgIpc) is 2.46. The van der Waals surface area contributed by atoms with Crippen LogP contribution < -0.4 is 0 Å². The molecule has 0 amide bonds. The van der Waals surface area contributed by atoms with E-state index in [4.69, 9.17) is 0 Å². The Labute approximate surface area is 117 Å². The fraction of sp³-hybridized carbons (Fsp3) is 0.647. The highest BCUT2D eigenvalue weighted by Crippen LogP contribution is 2.32. The lowest BCUT2D eigenvalue weighted by Gasteiger charge is -2.26. The van der Waals surface area contributed by atoms with Crippen molar-refractivity contribution in [3.8, 4) is 0 Å². The summed E-state index contributed by atoms with van der Waals surface area (Å²) in [4.78, 5) is 2.44. The van der Waals surface area contributed by atoms with E-state index in [9.17, 15) is 5.11 Å². The van der Waals surface area contributed by atoms with Crippen LogP contribution in [0, 0.1) is 0 Å². The van der Waals surface area contributed by atoms with Gasteiger partial charge < -0.3 is 5.11 Å². The first-order valence-electron chi connectivity index (χ1n) is 7.72. The van der Waals surface area contributed by atoms with Crippen LogP contribution in [-0.2, 0) is 6.54 Å². The van der Waals surface area contributed by atoms with Crippen LogP contribution in [0.2, 0.25) is 0 Å². The van der Waals surface area contributed by atoms with Crippen molar-refractivity contribution in [3.05, 3.63) is 35.4 Å². The van der Waals surface area contributed by atoms with Crippen molar-refractivity contribution in [2.24, 2.45) is 0 Å². The molecular formula is C17H27NO. The van der Waals surface area contributed by atoms with Gasteiger partial charge in [-0.1, -0.05) is 38.1 Å². The first-order chi connectivity index (χ1) is 9.22. The highest BCUT2D eigenvalue weighted by Gasteiger charge is 2.20. The number of hydrogen-bond donors (Lipinski definition) is 1. The maximum Gasteiger partial charge on any atom is 0.0540 e. The van der Waals surface area contributed by atoms with Gasteiger partial charge in [-0.15, -0.1) is 0 Å². The summed E-state index contributed by atoms with van der Waals surface area (Å²) >= 11 is 0. The number of aliphatic hydroxyl groups excluding tert-OH is 1. The molecule has 0 aromatic heterocycles. The lowest BCUT2D eigenvalue weighted by Crippen LogP contribution is -2.22. The molecule has 0 atom stereocenters. The Balaban J connectivity index is 1.94. The number of aliphatic hydroxyl groups is 1. The Morgan fingerprint density at radius 3 is 2.11 bits per heavy atom. The van der Waals surface area contributed by atoms with Gasteiger partial charge >= 0.3 is 0 Å². The SMILES string of the molecule is CCN(CC)Cc1ccc([C@H]2CC[C@H](O)CC2)cc1. The van der Waals surface area contributed by atoms with Gasteiger partial charge in [-0.2, -0.15) is 0 Å². The molecule has 0 unspecified atom stereocenters. The monoisotopic (exact) mass is 261 g/mol. The summed E-state index contributed by atoms with van der Waals surface area (Å²) in [6.07, 6.45) is 4.14. The highest BCUT2D eigenvalue weighted by molar-refractivity contribution is 5.25. The Morgan fingerprint density at radius 1 is 1.00 bits per heavy atom. The molecule has 19 heavy (non-hydrogen) atoms. The van der Waals surface area contributed by atoms with Gasteiger partial charge in [0.1, 0.15) is 0 Å². The van der Waals surface area contributed by atoms with Crippen molar-refractivity contribution in [2.75, 3.05) is 13.1 Å². The van der Waals surface area contributed by atoms with Crippen LogP contribution in [0.5, 0.6) is 0 Å². The lowest BCUT2D eigenvalue weighted by molar-refractivity contribution is 0.122. The predicted molar refractivity (Wildman–Crippen MR) is 80.3 cm³/mol. The second-order valence-corrected chi connectivity index (χ2v) is 5.71. The largest absolute Gasteiger partial charge is 0.393 e. The van der Waals surface area contributed by atoms with E-state index >= 15 is 0 Å². The Hall–Kier alpha value is -0.860. The Morgan fingerprint density at radius 2 is 1.58 bits per heavy atom. The Bertz CT molecular complexity index is 361. The molecule has 106 valence electrons. The van der Waals surface area contributed by atoms with Gasteiger partial charge in [0.15, 0.2) is 0 Å². The Kier molecular flexibility index (Phi) is 5.41. The third kappa shape index (κ3) is 4.05. The number of rotatable bonds is 5. The number of benzene rings is 1. The van der Waals surface area contributed by atoms with Crippen LogP contribution in [0.4, 0.5) is 0 Å². The molecule has 0 bridgehead atoms. The fourth-order valence-corrected chi connectivity index (χ4v) is 3.01. The number of hydrogen-bond acceptors (Lipinski definition) is 2. The van der Waals surface area contributed by atoms with E-state index in [0.29, 0.717) is 5.92 Å². The van der Waals surface area contributed by atoms with Crippen LogP contribution in [-0.4, -0.2) is 29.2 Å². The van der Waals surface area contributed by atoms with Gasteiger partial charge in [0.05, 0.1) is 6.10 Å². The molecule has 1 saturated carbocycles. The molecule has 1 aliphatic carbocycles. The molecule has 2 rings (SSSR count). The smallest absolute Gasteiger partial charge is 0.0540 e. The van der Waals surface area contributed by atoms with E-state index in [-0.39, 0.29) is 6.10 Å². The molecule has 1 aromatic rings. The third-order valence-corrected chi connectivity index (χ3v) is 4.45. The molecule has 1 aliphatic rings. The van der Waals surface area contributed by atoms with Crippen molar-refractivity contribution >= 4 is 0 Å². The minimum Gasteiger partial charge on any atom is -0.393 e. The molecule has 1 aromatic carbocycles. The van der Waals surface area contributed by atoms with Crippen LogP contribution in [0.25, 0.3) is 0 Å². The molecule has 0 heterocycles. The summed E-state index contributed by atoms with van der Waals surface area (Å²) < 4.78 is 0. The fourth-order valence-electron chi connectivity index (χ4n) is 3.01. The zero-order valence-corrected chi connectivity index (χ0v) is 12.3. The summed E-state index contributed by atoms with van der Waals surface area (Å²) in [6, 6.07) is 9.14. The van der Waals surface area contributed by atoms with Crippen molar-refractivity contribution < 1.29 is 5.11 Å². The molecule has 0 radical (unpaired) electrons. The van der Waals surface area contributed by atoms with Gasteiger partial charge in [0.25, 0.3) is 0 Å². The number of nitrogens with zero attached hydrogens (tertiary/aromatic N) is 1. The van der Waals surface area contributed by atoms with E-state index in [0.717, 1.165) is 45.3 Å². The molecule has 2 heteroatoms. The third-order valence-electron chi connectivity index (χ3n) is 4.45. The minimum absolute atomic E-state index is 0.0572. The first-order valence-corrected chi connectivity index (χ1v) is 7.72. The van der Waals surface area contributed by atoms with Crippen LogP contribution in [0.15, 0.2) is 24.3 Å². The van der Waals surface area contributed by atoms with Crippen molar-refractivity contribution in [1.29, 1.82) is 0 Å². The van der Waals surface area contributed by atoms with Crippen LogP contribution in [0.3, 0.4) is 0 Å². The average molecular weight is 261 g/mol. The van der Waals surface area contributed by atoms with E-state index in [2.05, 4.69) is 43.0 Å². The summed E-state index contributed by atoms with van der Waals surface area (Å²) in [5, 5.41) is 9.57. The standard InChI is InChI=1S/C17H27NO/c1-3-18(4-2)13-14-5-7-15(8-6-14)16-9-11-17(19)12-10-16/h5-8,16-17,19H,3-4,9-13H2,1-2H3/t16-,17-. The van der Waals surface area contributed by atoms with Gasteiger partial charge in [-0.25, -0.2) is 0 Å². The minimum atomic E-state index is -0.0572. The highest BCUT2D eigenvalue weighted by atomic mass is 16.3. The lowest BCUT2D eigenvalue weighted by atomic mass is 9.82. The van der Waals surface area contributed by atoms with Gasteiger partial charge in [-0.05, 0) is 55.8 Å². The molecular weight excluding hydrogens is 234 g/mol. The molecule has 2 nitrogen and oxygen atoms in total. The topological polar surface area (TPSA) is 23.5 Å². The summed E-state index contributed by atoms with van der Waals surface area (Å²) in [7, 11) is 0. The molecule has 1 fully saturated rings. The van der Waals surface area contributed by atoms with Crippen molar-refractivity contribution in [1.82, 2.24) is 4.90 Å². The second-order valence-electron chi connectivity index (χ2n) is 5.71. The molecule has 0 aliphatic heterocycles. The summed E-state index contributed by atoms with van der Waals surface area (Å²) in [5.74, 6) is 0.658. The normalized spacial score (nSPS) is 23.8. The predicted octanol–water partition coefficient (Wildman–Crippen LogP) is 3.55. The second kappa shape index (κ2) is 7.06. The summed E-state index contributed by atoms with van der Waals surface area (Å²) in [5.41, 5.74) is 2.86. The van der Waals surface area contributed by atoms with Crippen LogP contribution >= 0.6 is 0 Å². The maximum absolute atomic E-state index is 9.57. The van der Waals surface area contributed by atoms with Gasteiger partial charge in [0, 0.05) is 6.54 Å². The zero-order valence-electron chi connectivity index (χ0n) is 12.3. The molecule has 0 saturated heterocycles. The van der Waals surface area contributed by atoms with Crippen molar-refractivity contribution in [2.45, 2.75) is 58.1 Å². The maximum atomic E-state index is 9.57. The zero-order chi connectivity index (χ0) is 13.7. The van der Waals surface area contributed by atoms with E-state index in [1.807, 2.05) is 0 Å². The first kappa shape index (κ1) is 14.5. The molecule has 0 spiro atoms. The van der Waals surface area contributed by atoms with Gasteiger partial charge in [0.2, 0.25) is 0 Å². The van der Waals surface area contributed by atoms with Gasteiger partial charge in [-0.3, -0.25) is 4.90 Å². The van der Waals surface area contributed by atoms with E-state index < -0.39 is 0 Å². The molecule has 1 N–H and O–H groups in total. The quantitative estimate of drug-likeness (QED) is 0.876. The summed E-state index contributed by atoms with van der Waals surface area (Å²) in [6.45, 7) is 7.70.